The van der Waals surface area contributed by atoms with Crippen molar-refractivity contribution < 1.29 is 0 Å². The predicted octanol–water partition coefficient (Wildman–Crippen LogP) is 1.21. The van der Waals surface area contributed by atoms with E-state index >= 15 is 0 Å². The molecule has 2 heteroatoms. The van der Waals surface area contributed by atoms with Gasteiger partial charge in [0.1, 0.15) is 0 Å². The van der Waals surface area contributed by atoms with Gasteiger partial charge < -0.3 is 0 Å². The van der Waals surface area contributed by atoms with E-state index in [-0.39, 0.29) is 6.04 Å². The second-order valence-electron chi connectivity index (χ2n) is 2.30. The largest absolute Gasteiger partial charge is 0.271 e. The van der Waals surface area contributed by atoms with E-state index < -0.39 is 0 Å². The van der Waals surface area contributed by atoms with Gasteiger partial charge in [0.2, 0.25) is 0 Å². The lowest BCUT2D eigenvalue weighted by atomic mass is 10.1. The van der Waals surface area contributed by atoms with Gasteiger partial charge in [0.25, 0.3) is 0 Å². The first-order valence-electron chi connectivity index (χ1n) is 3.35. The summed E-state index contributed by atoms with van der Waals surface area (Å²) in [5.74, 6) is 5.25. The van der Waals surface area contributed by atoms with E-state index in [1.165, 1.54) is 5.56 Å². The molecule has 0 aliphatic heterocycles. The van der Waals surface area contributed by atoms with Crippen LogP contribution >= 0.6 is 0 Å². The summed E-state index contributed by atoms with van der Waals surface area (Å²) >= 11 is 0. The third-order valence-corrected chi connectivity index (χ3v) is 1.55. The first kappa shape index (κ1) is 7.25. The summed E-state index contributed by atoms with van der Waals surface area (Å²) in [6.07, 6.45) is 0. The van der Waals surface area contributed by atoms with Gasteiger partial charge in [-0.1, -0.05) is 30.3 Å². The van der Waals surface area contributed by atoms with Gasteiger partial charge in [0.05, 0.1) is 0 Å². The number of hydrogen-bond acceptors (Lipinski definition) is 2. The number of benzene rings is 1. The molecule has 0 aliphatic rings. The molecule has 0 bridgehead atoms. The zero-order chi connectivity index (χ0) is 7.40. The Bertz CT molecular complexity index is 184. The van der Waals surface area contributed by atoms with Crippen molar-refractivity contribution in [1.82, 2.24) is 5.43 Å². The number of hydrogen-bond donors (Lipinski definition) is 2. The van der Waals surface area contributed by atoms with Crippen LogP contribution in [0.3, 0.4) is 0 Å². The highest BCUT2D eigenvalue weighted by Gasteiger charge is 1.98. The Morgan fingerprint density at radius 3 is 2.40 bits per heavy atom. The molecule has 0 amide bonds. The number of rotatable bonds is 2. The summed E-state index contributed by atoms with van der Waals surface area (Å²) in [4.78, 5) is 0. The fourth-order valence-electron chi connectivity index (χ4n) is 0.838. The van der Waals surface area contributed by atoms with Gasteiger partial charge in [-0.05, 0) is 12.5 Å². The van der Waals surface area contributed by atoms with Crippen molar-refractivity contribution in [2.24, 2.45) is 5.84 Å². The minimum Gasteiger partial charge on any atom is -0.271 e. The standard InChI is InChI=1S/C8H12N2/c1-7(10-9)8-5-3-2-4-6-8/h2-7,10H,9H2,1H3/t7-/m1/s1. The molecule has 2 nitrogen and oxygen atoms in total. The third-order valence-electron chi connectivity index (χ3n) is 1.55. The third kappa shape index (κ3) is 1.56. The average molecular weight is 136 g/mol. The van der Waals surface area contributed by atoms with Gasteiger partial charge in [-0.25, -0.2) is 0 Å². The van der Waals surface area contributed by atoms with Crippen LogP contribution in [0, 0.1) is 0 Å². The zero-order valence-corrected chi connectivity index (χ0v) is 6.04. The van der Waals surface area contributed by atoms with E-state index in [1.54, 1.807) is 0 Å². The quantitative estimate of drug-likeness (QED) is 0.473. The van der Waals surface area contributed by atoms with Gasteiger partial charge >= 0.3 is 0 Å². The summed E-state index contributed by atoms with van der Waals surface area (Å²) in [7, 11) is 0. The van der Waals surface area contributed by atoms with Gasteiger partial charge in [-0.2, -0.15) is 0 Å². The lowest BCUT2D eigenvalue weighted by Gasteiger charge is -2.08. The van der Waals surface area contributed by atoms with E-state index in [0.717, 1.165) is 0 Å². The fourth-order valence-corrected chi connectivity index (χ4v) is 0.838. The van der Waals surface area contributed by atoms with Gasteiger partial charge in [-0.15, -0.1) is 0 Å². The Labute approximate surface area is 61.0 Å². The molecular weight excluding hydrogens is 124 g/mol. The highest BCUT2D eigenvalue weighted by atomic mass is 15.2. The van der Waals surface area contributed by atoms with Crippen LogP contribution in [0.1, 0.15) is 18.5 Å². The van der Waals surface area contributed by atoms with E-state index in [1.807, 2.05) is 37.3 Å². The van der Waals surface area contributed by atoms with Gasteiger partial charge in [-0.3, -0.25) is 11.3 Å². The number of hydrazine groups is 1. The van der Waals surface area contributed by atoms with Crippen molar-refractivity contribution in [3.8, 4) is 0 Å². The lowest BCUT2D eigenvalue weighted by Crippen LogP contribution is -2.25. The number of nitrogens with two attached hydrogens (primary N) is 1. The Hall–Kier alpha value is -0.860. The van der Waals surface area contributed by atoms with Crippen LogP contribution < -0.4 is 11.3 Å². The molecule has 0 spiro atoms. The normalized spacial score (nSPS) is 13.0. The van der Waals surface area contributed by atoms with Crippen LogP contribution in [0.4, 0.5) is 0 Å². The molecule has 1 aromatic carbocycles. The van der Waals surface area contributed by atoms with Crippen molar-refractivity contribution in [3.05, 3.63) is 35.9 Å². The molecule has 54 valence electrons. The van der Waals surface area contributed by atoms with E-state index in [9.17, 15) is 0 Å². The molecule has 0 heterocycles. The van der Waals surface area contributed by atoms with E-state index in [4.69, 9.17) is 5.84 Å². The van der Waals surface area contributed by atoms with Crippen molar-refractivity contribution in [1.29, 1.82) is 0 Å². The van der Waals surface area contributed by atoms with Crippen molar-refractivity contribution in [2.75, 3.05) is 0 Å². The molecule has 0 radical (unpaired) electrons. The maximum Gasteiger partial charge on any atom is 0.0431 e. The van der Waals surface area contributed by atoms with Crippen molar-refractivity contribution in [3.63, 3.8) is 0 Å². The lowest BCUT2D eigenvalue weighted by molar-refractivity contribution is 0.602. The minimum absolute atomic E-state index is 0.237. The summed E-state index contributed by atoms with van der Waals surface area (Å²) in [6, 6.07) is 10.3. The first-order chi connectivity index (χ1) is 4.84. The van der Waals surface area contributed by atoms with Crippen molar-refractivity contribution in [2.45, 2.75) is 13.0 Å². The van der Waals surface area contributed by atoms with Crippen LogP contribution in [-0.4, -0.2) is 0 Å². The van der Waals surface area contributed by atoms with Crippen LogP contribution in [0.25, 0.3) is 0 Å². The smallest absolute Gasteiger partial charge is 0.0431 e. The molecule has 0 aromatic heterocycles. The summed E-state index contributed by atoms with van der Waals surface area (Å²) in [5.41, 5.74) is 3.89. The Kier molecular flexibility index (Phi) is 2.42. The molecule has 0 fully saturated rings. The summed E-state index contributed by atoms with van der Waals surface area (Å²) in [6.45, 7) is 2.02. The van der Waals surface area contributed by atoms with Gasteiger partial charge in [0.15, 0.2) is 0 Å². The Balaban J connectivity index is 2.75. The average Bonchev–Trinajstić information content (AvgIpc) is 2.05. The maximum absolute atomic E-state index is 5.25. The summed E-state index contributed by atoms with van der Waals surface area (Å²) in [5, 5.41) is 0. The van der Waals surface area contributed by atoms with Crippen LogP contribution in [-0.2, 0) is 0 Å². The molecule has 10 heavy (non-hydrogen) atoms. The molecule has 0 saturated heterocycles. The first-order valence-corrected chi connectivity index (χ1v) is 3.35. The highest BCUT2D eigenvalue weighted by molar-refractivity contribution is 5.17. The van der Waals surface area contributed by atoms with E-state index in [0.29, 0.717) is 0 Å². The Morgan fingerprint density at radius 1 is 1.30 bits per heavy atom. The molecule has 1 aromatic rings. The highest BCUT2D eigenvalue weighted by Crippen LogP contribution is 2.08. The number of nitrogens with one attached hydrogen (secondary N) is 1. The second-order valence-corrected chi connectivity index (χ2v) is 2.30. The van der Waals surface area contributed by atoms with E-state index in [2.05, 4.69) is 5.43 Å². The zero-order valence-electron chi connectivity index (χ0n) is 6.04. The molecule has 3 N–H and O–H groups in total. The molecule has 0 unspecified atom stereocenters. The maximum atomic E-state index is 5.25. The Morgan fingerprint density at radius 2 is 1.90 bits per heavy atom. The van der Waals surface area contributed by atoms with Crippen LogP contribution in [0.5, 0.6) is 0 Å². The molecule has 0 aliphatic carbocycles. The molecule has 1 atom stereocenters. The topological polar surface area (TPSA) is 38.0 Å². The van der Waals surface area contributed by atoms with Crippen LogP contribution in [0.2, 0.25) is 0 Å². The second kappa shape index (κ2) is 3.34. The fraction of sp³-hybridized carbons (Fsp3) is 0.250. The predicted molar refractivity (Wildman–Crippen MR) is 42.2 cm³/mol. The minimum atomic E-state index is 0.237. The van der Waals surface area contributed by atoms with Crippen LogP contribution in [0.15, 0.2) is 30.3 Å². The molecular formula is C8H12N2. The molecule has 1 rings (SSSR count). The van der Waals surface area contributed by atoms with Gasteiger partial charge in [0, 0.05) is 6.04 Å². The molecule has 0 saturated carbocycles. The van der Waals surface area contributed by atoms with Crippen molar-refractivity contribution >= 4 is 0 Å². The monoisotopic (exact) mass is 136 g/mol. The summed E-state index contributed by atoms with van der Waals surface area (Å²) < 4.78 is 0. The SMILES string of the molecule is C[C@@H](NN)c1ccccc1.